The molecular weight excluding hydrogens is 482 g/mol. The Morgan fingerprint density at radius 1 is 0.973 bits per heavy atom. The standard InChI is InChI=1S/C29H33N5O2S/c1-28(35)19-29(30,20-28)24-9-7-21(8-10-24)25-26(22-5-3-2-4-6-22)37-27(32-25)23-17-31-34(18-23)12-11-33-13-15-36-16-14-33/h2-10,17-18,35H,11-16,19-20,30H2,1H3. The van der Waals surface area contributed by atoms with Crippen molar-refractivity contribution < 1.29 is 9.84 Å². The van der Waals surface area contributed by atoms with Crippen molar-refractivity contribution in [3.63, 3.8) is 0 Å². The quantitative estimate of drug-likeness (QED) is 0.380. The molecule has 0 radical (unpaired) electrons. The largest absolute Gasteiger partial charge is 0.390 e. The van der Waals surface area contributed by atoms with Crippen LogP contribution in [0.3, 0.4) is 0 Å². The van der Waals surface area contributed by atoms with Crippen LogP contribution in [-0.4, -0.2) is 63.2 Å². The molecule has 4 aromatic rings. The van der Waals surface area contributed by atoms with Gasteiger partial charge in [-0.15, -0.1) is 11.3 Å². The van der Waals surface area contributed by atoms with Gasteiger partial charge in [-0.3, -0.25) is 9.58 Å². The zero-order valence-corrected chi connectivity index (χ0v) is 22.0. The average molecular weight is 516 g/mol. The molecular formula is C29H33N5O2S. The van der Waals surface area contributed by atoms with Crippen LogP contribution in [0, 0.1) is 0 Å². The van der Waals surface area contributed by atoms with E-state index >= 15 is 0 Å². The fraction of sp³-hybridized carbons (Fsp3) is 0.379. The van der Waals surface area contributed by atoms with E-state index in [2.05, 4.69) is 64.7 Å². The van der Waals surface area contributed by atoms with E-state index in [1.807, 2.05) is 23.9 Å². The molecule has 192 valence electrons. The van der Waals surface area contributed by atoms with Crippen molar-refractivity contribution in [2.24, 2.45) is 5.73 Å². The highest BCUT2D eigenvalue weighted by atomic mass is 32.1. The Morgan fingerprint density at radius 3 is 2.41 bits per heavy atom. The molecule has 0 amide bonds. The normalized spacial score (nSPS) is 24.2. The Balaban J connectivity index is 1.27. The number of aliphatic hydroxyl groups is 1. The van der Waals surface area contributed by atoms with E-state index in [4.69, 9.17) is 15.5 Å². The maximum atomic E-state index is 10.2. The molecule has 0 spiro atoms. The lowest BCUT2D eigenvalue weighted by atomic mass is 9.63. The fourth-order valence-electron chi connectivity index (χ4n) is 5.56. The summed E-state index contributed by atoms with van der Waals surface area (Å²) >= 11 is 1.70. The Kier molecular flexibility index (Phi) is 6.46. The highest BCUT2D eigenvalue weighted by Crippen LogP contribution is 2.47. The highest BCUT2D eigenvalue weighted by molar-refractivity contribution is 7.19. The molecule has 0 atom stereocenters. The van der Waals surface area contributed by atoms with Gasteiger partial charge in [0.25, 0.3) is 0 Å². The predicted molar refractivity (Wildman–Crippen MR) is 147 cm³/mol. The van der Waals surface area contributed by atoms with Crippen LogP contribution in [-0.2, 0) is 16.8 Å². The van der Waals surface area contributed by atoms with E-state index in [0.29, 0.717) is 12.8 Å². The zero-order valence-electron chi connectivity index (χ0n) is 21.1. The first kappa shape index (κ1) is 24.5. The van der Waals surface area contributed by atoms with Gasteiger partial charge in [0.1, 0.15) is 5.01 Å². The molecule has 1 aliphatic heterocycles. The third-order valence-electron chi connectivity index (χ3n) is 7.42. The lowest BCUT2D eigenvalue weighted by Crippen LogP contribution is -2.58. The molecule has 37 heavy (non-hydrogen) atoms. The number of aromatic nitrogens is 3. The van der Waals surface area contributed by atoms with Crippen LogP contribution >= 0.6 is 11.3 Å². The number of benzene rings is 2. The molecule has 8 heteroatoms. The molecule has 2 fully saturated rings. The molecule has 7 nitrogen and oxygen atoms in total. The van der Waals surface area contributed by atoms with Crippen molar-refractivity contribution >= 4 is 11.3 Å². The van der Waals surface area contributed by atoms with Crippen molar-refractivity contribution in [1.82, 2.24) is 19.7 Å². The number of hydrogen-bond acceptors (Lipinski definition) is 7. The maximum Gasteiger partial charge on any atom is 0.127 e. The monoisotopic (exact) mass is 515 g/mol. The molecule has 2 aliphatic rings. The second-order valence-corrected chi connectivity index (χ2v) is 11.6. The minimum absolute atomic E-state index is 0.465. The number of ether oxygens (including phenoxy) is 1. The number of morpholine rings is 1. The van der Waals surface area contributed by atoms with Gasteiger partial charge in [-0.2, -0.15) is 5.10 Å². The SMILES string of the molecule is CC1(O)CC(N)(c2ccc(-c3nc(-c4cnn(CCN5CCOCC5)c4)sc3-c3ccccc3)cc2)C1. The fourth-order valence-corrected chi connectivity index (χ4v) is 6.63. The first-order chi connectivity index (χ1) is 17.9. The van der Waals surface area contributed by atoms with Gasteiger partial charge in [0.15, 0.2) is 0 Å². The summed E-state index contributed by atoms with van der Waals surface area (Å²) in [4.78, 5) is 8.66. The van der Waals surface area contributed by atoms with Crippen LogP contribution < -0.4 is 5.73 Å². The third-order valence-corrected chi connectivity index (χ3v) is 8.57. The van der Waals surface area contributed by atoms with Gasteiger partial charge in [0.05, 0.1) is 42.1 Å². The Bertz CT molecular complexity index is 1350. The molecule has 1 saturated carbocycles. The summed E-state index contributed by atoms with van der Waals surface area (Å²) in [6.45, 7) is 7.24. The predicted octanol–water partition coefficient (Wildman–Crippen LogP) is 4.37. The van der Waals surface area contributed by atoms with Crippen LogP contribution in [0.4, 0.5) is 0 Å². The Hall–Kier alpha value is -2.88. The first-order valence-corrected chi connectivity index (χ1v) is 13.7. The zero-order chi connectivity index (χ0) is 25.5. The maximum absolute atomic E-state index is 10.2. The Labute approximate surface area is 221 Å². The summed E-state index contributed by atoms with van der Waals surface area (Å²) in [6.07, 6.45) is 5.16. The van der Waals surface area contributed by atoms with E-state index in [1.54, 1.807) is 11.3 Å². The van der Waals surface area contributed by atoms with Gasteiger partial charge in [-0.1, -0.05) is 54.6 Å². The van der Waals surface area contributed by atoms with Gasteiger partial charge in [-0.25, -0.2) is 4.98 Å². The van der Waals surface area contributed by atoms with Crippen LogP contribution in [0.1, 0.15) is 25.3 Å². The van der Waals surface area contributed by atoms with Crippen molar-refractivity contribution in [2.45, 2.75) is 37.5 Å². The second-order valence-electron chi connectivity index (χ2n) is 10.6. The summed E-state index contributed by atoms with van der Waals surface area (Å²) in [7, 11) is 0. The minimum Gasteiger partial charge on any atom is -0.390 e. The third kappa shape index (κ3) is 5.12. The van der Waals surface area contributed by atoms with E-state index in [0.717, 1.165) is 77.2 Å². The number of thiazole rings is 1. The van der Waals surface area contributed by atoms with Crippen molar-refractivity contribution in [2.75, 3.05) is 32.8 Å². The molecule has 2 aromatic carbocycles. The van der Waals surface area contributed by atoms with Crippen LogP contribution in [0.15, 0.2) is 67.0 Å². The Morgan fingerprint density at radius 2 is 1.70 bits per heavy atom. The molecule has 1 aliphatic carbocycles. The summed E-state index contributed by atoms with van der Waals surface area (Å²) in [6, 6.07) is 18.8. The van der Waals surface area contributed by atoms with Crippen molar-refractivity contribution in [3.8, 4) is 32.3 Å². The minimum atomic E-state index is -0.676. The summed E-state index contributed by atoms with van der Waals surface area (Å²) in [5.74, 6) is 0. The molecule has 1 saturated heterocycles. The average Bonchev–Trinajstić information content (AvgIpc) is 3.55. The van der Waals surface area contributed by atoms with Crippen molar-refractivity contribution in [3.05, 3.63) is 72.6 Å². The summed E-state index contributed by atoms with van der Waals surface area (Å²) < 4.78 is 7.46. The van der Waals surface area contributed by atoms with Crippen LogP contribution in [0.5, 0.6) is 0 Å². The first-order valence-electron chi connectivity index (χ1n) is 12.9. The van der Waals surface area contributed by atoms with E-state index in [-0.39, 0.29) is 0 Å². The summed E-state index contributed by atoms with van der Waals surface area (Å²) in [5, 5.41) is 15.8. The lowest BCUT2D eigenvalue weighted by Gasteiger charge is -2.49. The molecule has 0 unspecified atom stereocenters. The topological polar surface area (TPSA) is 89.4 Å². The number of rotatable bonds is 7. The highest BCUT2D eigenvalue weighted by Gasteiger charge is 2.49. The number of hydrogen-bond donors (Lipinski definition) is 2. The van der Waals surface area contributed by atoms with Gasteiger partial charge in [0, 0.05) is 42.5 Å². The van der Waals surface area contributed by atoms with Crippen LogP contribution in [0.25, 0.3) is 32.3 Å². The second kappa shape index (κ2) is 9.78. The van der Waals surface area contributed by atoms with Gasteiger partial charge >= 0.3 is 0 Å². The van der Waals surface area contributed by atoms with E-state index in [1.165, 1.54) is 0 Å². The van der Waals surface area contributed by atoms with E-state index in [9.17, 15) is 5.11 Å². The lowest BCUT2D eigenvalue weighted by molar-refractivity contribution is -0.0738. The molecule has 2 aromatic heterocycles. The molecule has 0 bridgehead atoms. The van der Waals surface area contributed by atoms with E-state index < -0.39 is 11.1 Å². The molecule has 3 N–H and O–H groups in total. The van der Waals surface area contributed by atoms with Crippen LogP contribution in [0.2, 0.25) is 0 Å². The molecule has 3 heterocycles. The summed E-state index contributed by atoms with van der Waals surface area (Å²) in [5.41, 5.74) is 10.7. The van der Waals surface area contributed by atoms with Gasteiger partial charge < -0.3 is 15.6 Å². The molecule has 6 rings (SSSR count). The number of nitrogens with two attached hydrogens (primary N) is 1. The van der Waals surface area contributed by atoms with Crippen molar-refractivity contribution in [1.29, 1.82) is 0 Å². The smallest absolute Gasteiger partial charge is 0.127 e. The van der Waals surface area contributed by atoms with Gasteiger partial charge in [0.2, 0.25) is 0 Å². The number of nitrogens with zero attached hydrogens (tertiary/aromatic N) is 4. The van der Waals surface area contributed by atoms with Gasteiger partial charge in [-0.05, 0) is 30.9 Å².